The fourth-order valence-corrected chi connectivity index (χ4v) is 5.41. The smallest absolute Gasteiger partial charge is 0.319 e. The quantitative estimate of drug-likeness (QED) is 0.808. The molecule has 2 fully saturated rings. The average Bonchev–Trinajstić information content (AvgIpc) is 3.24. The van der Waals surface area contributed by atoms with E-state index >= 15 is 0 Å². The molecule has 0 saturated carbocycles. The molecule has 1 unspecified atom stereocenters. The summed E-state index contributed by atoms with van der Waals surface area (Å²) < 4.78 is 5.50. The lowest BCUT2D eigenvalue weighted by Crippen LogP contribution is -2.59. The Morgan fingerprint density at radius 2 is 1.75 bits per heavy atom. The number of morpholine rings is 1. The highest BCUT2D eigenvalue weighted by molar-refractivity contribution is 7.99. The molecule has 2 aromatic carbocycles. The molecule has 5 nitrogen and oxygen atoms in total. The summed E-state index contributed by atoms with van der Waals surface area (Å²) in [7, 11) is 0. The normalized spacial score (nSPS) is 22.7. The third kappa shape index (κ3) is 4.51. The van der Waals surface area contributed by atoms with Gasteiger partial charge in [-0.25, -0.2) is 4.79 Å². The number of anilines is 1. The Balaban J connectivity index is 1.33. The van der Waals surface area contributed by atoms with Crippen molar-refractivity contribution in [3.8, 4) is 11.1 Å². The maximum absolute atomic E-state index is 12.5. The molecule has 2 aliphatic rings. The van der Waals surface area contributed by atoms with Crippen LogP contribution in [0.3, 0.4) is 0 Å². The molecule has 2 N–H and O–H groups in total. The van der Waals surface area contributed by atoms with E-state index in [1.165, 1.54) is 5.56 Å². The van der Waals surface area contributed by atoms with Crippen molar-refractivity contribution in [3.63, 3.8) is 0 Å². The Bertz CT molecular complexity index is 770. The molecule has 148 valence electrons. The number of nitrogens with one attached hydrogen (secondary N) is 2. The largest absolute Gasteiger partial charge is 0.379 e. The van der Waals surface area contributed by atoms with Crippen LogP contribution in [0.5, 0.6) is 0 Å². The molecule has 0 aliphatic carbocycles. The van der Waals surface area contributed by atoms with Crippen molar-refractivity contribution in [2.24, 2.45) is 0 Å². The molecule has 0 spiro atoms. The van der Waals surface area contributed by atoms with E-state index in [0.717, 1.165) is 55.5 Å². The van der Waals surface area contributed by atoms with Crippen LogP contribution in [0.25, 0.3) is 11.1 Å². The van der Waals surface area contributed by atoms with Gasteiger partial charge in [0, 0.05) is 36.6 Å². The van der Waals surface area contributed by atoms with Gasteiger partial charge in [-0.15, -0.1) is 0 Å². The summed E-state index contributed by atoms with van der Waals surface area (Å²) in [4.78, 5) is 15.0. The molecule has 4 rings (SSSR count). The van der Waals surface area contributed by atoms with Gasteiger partial charge in [0.2, 0.25) is 0 Å². The first-order valence-electron chi connectivity index (χ1n) is 9.86. The van der Waals surface area contributed by atoms with E-state index in [2.05, 4.69) is 27.7 Å². The van der Waals surface area contributed by atoms with Crippen molar-refractivity contribution >= 4 is 23.5 Å². The van der Waals surface area contributed by atoms with Crippen LogP contribution in [-0.2, 0) is 4.74 Å². The molecule has 2 saturated heterocycles. The highest BCUT2D eigenvalue weighted by atomic mass is 32.2. The summed E-state index contributed by atoms with van der Waals surface area (Å²) in [5, 5.41) is 6.08. The van der Waals surface area contributed by atoms with Gasteiger partial charge < -0.3 is 15.4 Å². The van der Waals surface area contributed by atoms with Crippen LogP contribution in [0.1, 0.15) is 6.42 Å². The fraction of sp³-hybridized carbons (Fsp3) is 0.409. The summed E-state index contributed by atoms with van der Waals surface area (Å²) in [5.41, 5.74) is 3.17. The Kier molecular flexibility index (Phi) is 6.20. The molecule has 0 aromatic heterocycles. The summed E-state index contributed by atoms with van der Waals surface area (Å²) >= 11 is 1.98. The number of thioether (sulfide) groups is 1. The van der Waals surface area contributed by atoms with Gasteiger partial charge in [-0.05, 0) is 35.4 Å². The van der Waals surface area contributed by atoms with Crippen molar-refractivity contribution in [3.05, 3.63) is 54.6 Å². The van der Waals surface area contributed by atoms with E-state index in [-0.39, 0.29) is 11.6 Å². The lowest BCUT2D eigenvalue weighted by atomic mass is 9.95. The molecule has 2 aromatic rings. The number of carbonyl (C=O) groups is 1. The predicted octanol–water partition coefficient (Wildman–Crippen LogP) is 3.68. The zero-order valence-electron chi connectivity index (χ0n) is 16.0. The number of urea groups is 1. The first-order chi connectivity index (χ1) is 13.8. The van der Waals surface area contributed by atoms with E-state index in [4.69, 9.17) is 4.74 Å². The van der Waals surface area contributed by atoms with E-state index < -0.39 is 0 Å². The average molecular weight is 398 g/mol. The van der Waals surface area contributed by atoms with Crippen LogP contribution in [-0.4, -0.2) is 60.8 Å². The number of hydrogen-bond acceptors (Lipinski definition) is 4. The number of benzene rings is 2. The highest BCUT2D eigenvalue weighted by Crippen LogP contribution is 2.33. The van der Waals surface area contributed by atoms with Crippen LogP contribution in [0.4, 0.5) is 10.5 Å². The predicted molar refractivity (Wildman–Crippen MR) is 116 cm³/mol. The van der Waals surface area contributed by atoms with Crippen LogP contribution in [0.2, 0.25) is 0 Å². The van der Waals surface area contributed by atoms with Crippen LogP contribution < -0.4 is 10.6 Å². The van der Waals surface area contributed by atoms with Crippen molar-refractivity contribution in [1.29, 1.82) is 0 Å². The highest BCUT2D eigenvalue weighted by Gasteiger charge is 2.40. The van der Waals surface area contributed by atoms with E-state index in [9.17, 15) is 4.79 Å². The molecule has 2 aliphatic heterocycles. The number of rotatable bonds is 5. The summed E-state index contributed by atoms with van der Waals surface area (Å²) in [5.74, 6) is 2.22. The number of carbonyl (C=O) groups excluding carboxylic acids is 1. The Labute approximate surface area is 170 Å². The van der Waals surface area contributed by atoms with Gasteiger partial charge in [-0.2, -0.15) is 11.8 Å². The monoisotopic (exact) mass is 397 g/mol. The molecule has 2 heterocycles. The van der Waals surface area contributed by atoms with Gasteiger partial charge in [0.25, 0.3) is 0 Å². The Morgan fingerprint density at radius 1 is 1.04 bits per heavy atom. The molecule has 0 bridgehead atoms. The van der Waals surface area contributed by atoms with Crippen molar-refractivity contribution in [2.75, 3.05) is 49.7 Å². The Hall–Kier alpha value is -2.02. The molecular weight excluding hydrogens is 370 g/mol. The first kappa shape index (κ1) is 19.3. The van der Waals surface area contributed by atoms with Gasteiger partial charge in [-0.3, -0.25) is 4.90 Å². The number of nitrogens with zero attached hydrogens (tertiary/aromatic N) is 1. The SMILES string of the molecule is O=C(NCC1(N2CCOCC2)CCSC1)Nc1ccc(-c2ccccc2)cc1. The minimum atomic E-state index is -0.142. The Morgan fingerprint density at radius 3 is 2.43 bits per heavy atom. The maximum Gasteiger partial charge on any atom is 0.319 e. The van der Waals surface area contributed by atoms with Gasteiger partial charge in [0.15, 0.2) is 0 Å². The minimum Gasteiger partial charge on any atom is -0.379 e. The molecule has 6 heteroatoms. The summed E-state index contributed by atoms with van der Waals surface area (Å²) in [6.45, 7) is 4.14. The molecule has 1 atom stereocenters. The summed E-state index contributed by atoms with van der Waals surface area (Å²) in [6, 6.07) is 18.1. The van der Waals surface area contributed by atoms with Crippen LogP contribution in [0.15, 0.2) is 54.6 Å². The number of amides is 2. The lowest BCUT2D eigenvalue weighted by molar-refractivity contribution is -0.0123. The number of ether oxygens (including phenoxy) is 1. The standard InChI is InChI=1S/C22H27N3O2S/c26-21(23-16-22(10-15-28-17-22)25-11-13-27-14-12-25)24-20-8-6-19(7-9-20)18-4-2-1-3-5-18/h1-9H,10-17H2,(H2,23,24,26). The van der Waals surface area contributed by atoms with Crippen molar-refractivity contribution in [2.45, 2.75) is 12.0 Å². The second kappa shape index (κ2) is 8.99. The zero-order chi connectivity index (χ0) is 19.2. The second-order valence-corrected chi connectivity index (χ2v) is 8.48. The third-order valence-corrected chi connectivity index (χ3v) is 6.83. The molecule has 0 radical (unpaired) electrons. The second-order valence-electron chi connectivity index (χ2n) is 7.38. The third-order valence-electron chi connectivity index (χ3n) is 5.59. The molecular formula is C22H27N3O2S. The number of hydrogen-bond donors (Lipinski definition) is 2. The van der Waals surface area contributed by atoms with E-state index in [1.807, 2.05) is 54.2 Å². The van der Waals surface area contributed by atoms with Crippen LogP contribution in [0, 0.1) is 0 Å². The molecule has 2 amide bonds. The minimum absolute atomic E-state index is 0.0585. The zero-order valence-corrected chi connectivity index (χ0v) is 16.8. The van der Waals surface area contributed by atoms with Crippen molar-refractivity contribution in [1.82, 2.24) is 10.2 Å². The van der Waals surface area contributed by atoms with Gasteiger partial charge >= 0.3 is 6.03 Å². The lowest BCUT2D eigenvalue weighted by Gasteiger charge is -2.43. The van der Waals surface area contributed by atoms with E-state index in [0.29, 0.717) is 6.54 Å². The van der Waals surface area contributed by atoms with Crippen LogP contribution >= 0.6 is 11.8 Å². The maximum atomic E-state index is 12.5. The van der Waals surface area contributed by atoms with Gasteiger partial charge in [-0.1, -0.05) is 42.5 Å². The van der Waals surface area contributed by atoms with E-state index in [1.54, 1.807) is 0 Å². The fourth-order valence-electron chi connectivity index (χ4n) is 3.93. The molecule has 28 heavy (non-hydrogen) atoms. The summed E-state index contributed by atoms with van der Waals surface area (Å²) in [6.07, 6.45) is 1.11. The topological polar surface area (TPSA) is 53.6 Å². The van der Waals surface area contributed by atoms with Crippen molar-refractivity contribution < 1.29 is 9.53 Å². The van der Waals surface area contributed by atoms with Gasteiger partial charge in [0.1, 0.15) is 0 Å². The van der Waals surface area contributed by atoms with Gasteiger partial charge in [0.05, 0.1) is 13.2 Å². The first-order valence-corrected chi connectivity index (χ1v) is 11.0.